The van der Waals surface area contributed by atoms with Gasteiger partial charge in [-0.3, -0.25) is 0 Å². The van der Waals surface area contributed by atoms with E-state index in [9.17, 15) is 0 Å². The molecule has 1 saturated heterocycles. The number of methoxy groups -OCH3 is 1. The summed E-state index contributed by atoms with van der Waals surface area (Å²) in [6, 6.07) is 8.10. The van der Waals surface area contributed by atoms with E-state index in [-0.39, 0.29) is 0 Å². The van der Waals surface area contributed by atoms with Crippen LogP contribution in [0.1, 0.15) is 18.4 Å². The summed E-state index contributed by atoms with van der Waals surface area (Å²) in [4.78, 5) is 2.30. The summed E-state index contributed by atoms with van der Waals surface area (Å²) in [6.45, 7) is 2.84. The number of hydrogen-bond acceptors (Lipinski definition) is 3. The molecule has 18 heavy (non-hydrogen) atoms. The van der Waals surface area contributed by atoms with Gasteiger partial charge in [0.05, 0.1) is 11.3 Å². The zero-order chi connectivity index (χ0) is 13.0. The molecule has 1 aliphatic rings. The summed E-state index contributed by atoms with van der Waals surface area (Å²) in [5, 5.41) is 9.16. The number of anilines is 1. The molecule has 0 bridgehead atoms. The lowest BCUT2D eigenvalue weighted by molar-refractivity contribution is 0.139. The van der Waals surface area contributed by atoms with Gasteiger partial charge in [-0.15, -0.1) is 0 Å². The van der Waals surface area contributed by atoms with Crippen LogP contribution >= 0.6 is 15.9 Å². The van der Waals surface area contributed by atoms with Crippen LogP contribution in [0.15, 0.2) is 22.7 Å². The Morgan fingerprint density at radius 1 is 1.44 bits per heavy atom. The van der Waals surface area contributed by atoms with Crippen molar-refractivity contribution in [1.82, 2.24) is 0 Å². The number of ether oxygens (including phenoxy) is 1. The van der Waals surface area contributed by atoms with E-state index >= 15 is 0 Å². The topological polar surface area (TPSA) is 36.3 Å². The van der Waals surface area contributed by atoms with E-state index in [0.717, 1.165) is 48.3 Å². The molecule has 2 rings (SSSR count). The fourth-order valence-corrected chi connectivity index (χ4v) is 2.79. The second-order valence-electron chi connectivity index (χ2n) is 4.66. The summed E-state index contributed by atoms with van der Waals surface area (Å²) >= 11 is 3.47. The summed E-state index contributed by atoms with van der Waals surface area (Å²) in [5.74, 6) is 0.656. The quantitative estimate of drug-likeness (QED) is 0.860. The molecule has 0 unspecified atom stereocenters. The second kappa shape index (κ2) is 6.21. The highest BCUT2D eigenvalue weighted by atomic mass is 79.9. The van der Waals surface area contributed by atoms with Crippen molar-refractivity contribution in [3.8, 4) is 6.07 Å². The smallest absolute Gasteiger partial charge is 0.101 e. The minimum absolute atomic E-state index is 0.656. The molecule has 4 heteroatoms. The number of halogens is 1. The molecule has 0 spiro atoms. The molecule has 1 heterocycles. The van der Waals surface area contributed by atoms with Gasteiger partial charge in [0.1, 0.15) is 6.07 Å². The molecule has 0 aliphatic carbocycles. The first-order valence-corrected chi connectivity index (χ1v) is 6.97. The Labute approximate surface area is 116 Å². The average molecular weight is 309 g/mol. The van der Waals surface area contributed by atoms with E-state index in [2.05, 4.69) is 26.9 Å². The third-order valence-corrected chi connectivity index (χ3v) is 3.93. The highest BCUT2D eigenvalue weighted by Gasteiger charge is 2.21. The van der Waals surface area contributed by atoms with Gasteiger partial charge in [-0.05, 0) is 37.0 Å². The Kier molecular flexibility index (Phi) is 4.62. The molecule has 3 nitrogen and oxygen atoms in total. The van der Waals surface area contributed by atoms with Crippen LogP contribution in [0, 0.1) is 17.2 Å². The van der Waals surface area contributed by atoms with Crippen LogP contribution in [-0.4, -0.2) is 26.8 Å². The third kappa shape index (κ3) is 3.04. The number of hydrogen-bond donors (Lipinski definition) is 0. The van der Waals surface area contributed by atoms with E-state index in [1.165, 1.54) is 0 Å². The summed E-state index contributed by atoms with van der Waals surface area (Å²) in [7, 11) is 1.76. The SMILES string of the molecule is COCC1CCN(c2cc(Br)ccc2C#N)CC1. The number of nitrogens with zero attached hydrogens (tertiary/aromatic N) is 2. The molecular formula is C14H17BrN2O. The van der Waals surface area contributed by atoms with Crippen molar-refractivity contribution in [3.05, 3.63) is 28.2 Å². The second-order valence-corrected chi connectivity index (χ2v) is 5.57. The summed E-state index contributed by atoms with van der Waals surface area (Å²) in [5.41, 5.74) is 1.80. The van der Waals surface area contributed by atoms with Gasteiger partial charge in [-0.2, -0.15) is 5.26 Å². The minimum atomic E-state index is 0.656. The van der Waals surface area contributed by atoms with Crippen molar-refractivity contribution in [2.75, 3.05) is 31.7 Å². The zero-order valence-electron chi connectivity index (χ0n) is 10.5. The Balaban J connectivity index is 2.10. The predicted molar refractivity (Wildman–Crippen MR) is 75.7 cm³/mol. The predicted octanol–water partition coefficient (Wildman–Crippen LogP) is 3.18. The lowest BCUT2D eigenvalue weighted by Gasteiger charge is -2.33. The van der Waals surface area contributed by atoms with Gasteiger partial charge in [0.25, 0.3) is 0 Å². The average Bonchev–Trinajstić information content (AvgIpc) is 2.40. The van der Waals surface area contributed by atoms with Crippen LogP contribution in [0.4, 0.5) is 5.69 Å². The normalized spacial score (nSPS) is 16.6. The fraction of sp³-hybridized carbons (Fsp3) is 0.500. The molecule has 1 fully saturated rings. The Morgan fingerprint density at radius 2 is 2.17 bits per heavy atom. The molecule has 1 aromatic carbocycles. The van der Waals surface area contributed by atoms with Crippen molar-refractivity contribution in [1.29, 1.82) is 5.26 Å². The fourth-order valence-electron chi connectivity index (χ4n) is 2.44. The first-order chi connectivity index (χ1) is 8.74. The molecule has 96 valence electrons. The van der Waals surface area contributed by atoms with Crippen molar-refractivity contribution in [2.45, 2.75) is 12.8 Å². The molecule has 0 amide bonds. The number of rotatable bonds is 3. The largest absolute Gasteiger partial charge is 0.384 e. The molecule has 0 saturated carbocycles. The van der Waals surface area contributed by atoms with Gasteiger partial charge >= 0.3 is 0 Å². The van der Waals surface area contributed by atoms with Gasteiger partial charge in [0, 0.05) is 31.3 Å². The van der Waals surface area contributed by atoms with Crippen molar-refractivity contribution in [2.24, 2.45) is 5.92 Å². The maximum atomic E-state index is 9.16. The van der Waals surface area contributed by atoms with E-state index in [1.807, 2.05) is 18.2 Å². The van der Waals surface area contributed by atoms with E-state index in [0.29, 0.717) is 5.92 Å². The minimum Gasteiger partial charge on any atom is -0.384 e. The Hall–Kier alpha value is -1.05. The number of nitriles is 1. The van der Waals surface area contributed by atoms with Crippen molar-refractivity contribution < 1.29 is 4.74 Å². The molecule has 1 aliphatic heterocycles. The number of benzene rings is 1. The van der Waals surface area contributed by atoms with E-state index in [4.69, 9.17) is 10.00 Å². The molecule has 0 aromatic heterocycles. The van der Waals surface area contributed by atoms with Crippen LogP contribution in [-0.2, 0) is 4.74 Å². The highest BCUT2D eigenvalue weighted by Crippen LogP contribution is 2.28. The maximum Gasteiger partial charge on any atom is 0.101 e. The highest BCUT2D eigenvalue weighted by molar-refractivity contribution is 9.10. The molecule has 0 radical (unpaired) electrons. The van der Waals surface area contributed by atoms with Crippen LogP contribution in [0.5, 0.6) is 0 Å². The van der Waals surface area contributed by atoms with Gasteiger partial charge in [-0.25, -0.2) is 0 Å². The van der Waals surface area contributed by atoms with Gasteiger partial charge in [0.15, 0.2) is 0 Å². The summed E-state index contributed by atoms with van der Waals surface area (Å²) < 4.78 is 6.23. The standard InChI is InChI=1S/C14H17BrN2O/c1-18-10-11-4-6-17(7-5-11)14-8-13(15)3-2-12(14)9-16/h2-3,8,11H,4-7,10H2,1H3. The van der Waals surface area contributed by atoms with Crippen LogP contribution < -0.4 is 4.90 Å². The van der Waals surface area contributed by atoms with Crippen LogP contribution in [0.3, 0.4) is 0 Å². The van der Waals surface area contributed by atoms with Crippen LogP contribution in [0.2, 0.25) is 0 Å². The monoisotopic (exact) mass is 308 g/mol. The molecule has 0 atom stereocenters. The molecular weight excluding hydrogens is 292 g/mol. The molecule has 0 N–H and O–H groups in total. The maximum absolute atomic E-state index is 9.16. The zero-order valence-corrected chi connectivity index (χ0v) is 12.1. The third-order valence-electron chi connectivity index (χ3n) is 3.44. The Morgan fingerprint density at radius 3 is 2.78 bits per heavy atom. The lowest BCUT2D eigenvalue weighted by atomic mass is 9.97. The lowest BCUT2D eigenvalue weighted by Crippen LogP contribution is -2.35. The van der Waals surface area contributed by atoms with Crippen molar-refractivity contribution in [3.63, 3.8) is 0 Å². The van der Waals surface area contributed by atoms with E-state index in [1.54, 1.807) is 7.11 Å². The van der Waals surface area contributed by atoms with E-state index < -0.39 is 0 Å². The Bertz CT molecular complexity index is 448. The summed E-state index contributed by atoms with van der Waals surface area (Å²) in [6.07, 6.45) is 2.26. The number of piperidine rings is 1. The van der Waals surface area contributed by atoms with Gasteiger partial charge in [-0.1, -0.05) is 15.9 Å². The van der Waals surface area contributed by atoms with Gasteiger partial charge in [0.2, 0.25) is 0 Å². The molecule has 1 aromatic rings. The first-order valence-electron chi connectivity index (χ1n) is 6.18. The van der Waals surface area contributed by atoms with Crippen LogP contribution in [0.25, 0.3) is 0 Å². The van der Waals surface area contributed by atoms with Gasteiger partial charge < -0.3 is 9.64 Å². The first kappa shape index (κ1) is 13.4. The van der Waals surface area contributed by atoms with Crippen molar-refractivity contribution >= 4 is 21.6 Å².